The van der Waals surface area contributed by atoms with Gasteiger partial charge in [0.15, 0.2) is 0 Å². The van der Waals surface area contributed by atoms with Crippen molar-refractivity contribution in [2.75, 3.05) is 11.9 Å². The number of nitrogens with zero attached hydrogens (tertiary/aromatic N) is 1. The molecule has 4 N–H and O–H groups in total. The average molecular weight is 209 g/mol. The lowest BCUT2D eigenvalue weighted by Crippen LogP contribution is -2.15. The molecule has 1 aromatic rings. The first-order chi connectivity index (χ1) is 7.09. The van der Waals surface area contributed by atoms with Gasteiger partial charge in [0.25, 0.3) is 5.91 Å². The molecule has 15 heavy (non-hydrogen) atoms. The summed E-state index contributed by atoms with van der Waals surface area (Å²) in [5.74, 6) is -1.07. The Morgan fingerprint density at radius 3 is 2.80 bits per heavy atom. The maximum atomic E-state index is 10.8. The highest BCUT2D eigenvalue weighted by molar-refractivity contribution is 5.91. The predicted molar refractivity (Wildman–Crippen MR) is 53.5 cm³/mol. The zero-order valence-corrected chi connectivity index (χ0v) is 7.93. The van der Waals surface area contributed by atoms with Crippen LogP contribution in [0.1, 0.15) is 16.9 Å². The molecular formula is C9H11N3O3. The Kier molecular flexibility index (Phi) is 3.61. The van der Waals surface area contributed by atoms with E-state index in [2.05, 4.69) is 10.3 Å². The van der Waals surface area contributed by atoms with E-state index >= 15 is 0 Å². The number of carbonyl (C=O) groups is 2. The van der Waals surface area contributed by atoms with Gasteiger partial charge < -0.3 is 16.2 Å². The van der Waals surface area contributed by atoms with Crippen molar-refractivity contribution in [2.24, 2.45) is 5.73 Å². The highest BCUT2D eigenvalue weighted by atomic mass is 16.4. The molecule has 0 unspecified atom stereocenters. The molecule has 6 nitrogen and oxygen atoms in total. The number of carboxylic acid groups (broad SMARTS) is 1. The van der Waals surface area contributed by atoms with Gasteiger partial charge in [0.1, 0.15) is 11.5 Å². The molecule has 0 atom stereocenters. The molecule has 0 aliphatic rings. The third-order valence-corrected chi connectivity index (χ3v) is 1.65. The first-order valence-electron chi connectivity index (χ1n) is 4.32. The van der Waals surface area contributed by atoms with Crippen LogP contribution in [0.25, 0.3) is 0 Å². The molecule has 0 aliphatic carbocycles. The summed E-state index contributed by atoms with van der Waals surface area (Å²) in [6.45, 7) is 0.255. The lowest BCUT2D eigenvalue weighted by atomic mass is 10.3. The van der Waals surface area contributed by atoms with Gasteiger partial charge in [0, 0.05) is 6.54 Å². The predicted octanol–water partition coefficient (Wildman–Crippen LogP) is 0.0671. The second-order valence-electron chi connectivity index (χ2n) is 2.84. The Balaban J connectivity index is 2.58. The molecule has 0 saturated heterocycles. The Morgan fingerprint density at radius 2 is 2.20 bits per heavy atom. The van der Waals surface area contributed by atoms with Crippen LogP contribution in [-0.2, 0) is 4.79 Å². The van der Waals surface area contributed by atoms with Gasteiger partial charge in [0.2, 0.25) is 0 Å². The van der Waals surface area contributed by atoms with Crippen molar-refractivity contribution in [3.05, 3.63) is 23.9 Å². The quantitative estimate of drug-likeness (QED) is 0.636. The second kappa shape index (κ2) is 4.94. The lowest BCUT2D eigenvalue weighted by Gasteiger charge is -2.04. The van der Waals surface area contributed by atoms with Crippen LogP contribution < -0.4 is 11.1 Å². The van der Waals surface area contributed by atoms with E-state index in [0.29, 0.717) is 5.82 Å². The van der Waals surface area contributed by atoms with E-state index in [1.807, 2.05) is 0 Å². The summed E-state index contributed by atoms with van der Waals surface area (Å²) >= 11 is 0. The van der Waals surface area contributed by atoms with Gasteiger partial charge in [-0.25, -0.2) is 4.98 Å². The summed E-state index contributed by atoms with van der Waals surface area (Å²) in [6, 6.07) is 4.75. The van der Waals surface area contributed by atoms with Gasteiger partial charge in [-0.1, -0.05) is 6.07 Å². The number of nitrogens with one attached hydrogen (secondary N) is 1. The SMILES string of the molecule is NC(=O)c1cccc(NCCC(=O)O)n1. The number of hydrogen-bond acceptors (Lipinski definition) is 4. The number of hydrogen-bond donors (Lipinski definition) is 3. The lowest BCUT2D eigenvalue weighted by molar-refractivity contribution is -0.136. The molecule has 0 aromatic carbocycles. The third kappa shape index (κ3) is 3.63. The molecule has 0 radical (unpaired) electrons. The largest absolute Gasteiger partial charge is 0.481 e. The number of rotatable bonds is 5. The summed E-state index contributed by atoms with van der Waals surface area (Å²) in [5, 5.41) is 11.2. The molecule has 1 amide bonds. The normalized spacial score (nSPS) is 9.60. The van der Waals surface area contributed by atoms with E-state index in [1.54, 1.807) is 12.1 Å². The number of carbonyl (C=O) groups excluding carboxylic acids is 1. The fourth-order valence-electron chi connectivity index (χ4n) is 0.968. The van der Waals surface area contributed by atoms with Gasteiger partial charge in [-0.15, -0.1) is 0 Å². The van der Waals surface area contributed by atoms with E-state index in [0.717, 1.165) is 0 Å². The molecule has 1 aromatic heterocycles. The minimum atomic E-state index is -0.895. The number of aromatic nitrogens is 1. The molecule has 0 bridgehead atoms. The van der Waals surface area contributed by atoms with Crippen molar-refractivity contribution < 1.29 is 14.7 Å². The fourth-order valence-corrected chi connectivity index (χ4v) is 0.968. The van der Waals surface area contributed by atoms with E-state index in [1.165, 1.54) is 6.07 Å². The topological polar surface area (TPSA) is 105 Å². The molecule has 80 valence electrons. The highest BCUT2D eigenvalue weighted by Crippen LogP contribution is 2.04. The van der Waals surface area contributed by atoms with E-state index in [-0.39, 0.29) is 18.7 Å². The zero-order chi connectivity index (χ0) is 11.3. The van der Waals surface area contributed by atoms with Crippen molar-refractivity contribution in [2.45, 2.75) is 6.42 Å². The summed E-state index contributed by atoms with van der Waals surface area (Å²) in [4.78, 5) is 24.9. The second-order valence-corrected chi connectivity index (χ2v) is 2.84. The van der Waals surface area contributed by atoms with Crippen molar-refractivity contribution >= 4 is 17.7 Å². The minimum absolute atomic E-state index is 0.0114. The third-order valence-electron chi connectivity index (χ3n) is 1.65. The van der Waals surface area contributed by atoms with Gasteiger partial charge in [0.05, 0.1) is 6.42 Å². The Labute approximate surface area is 86.1 Å². The van der Waals surface area contributed by atoms with Crippen molar-refractivity contribution in [3.63, 3.8) is 0 Å². The Hall–Kier alpha value is -2.11. The number of nitrogens with two attached hydrogens (primary N) is 1. The number of aliphatic carboxylic acids is 1. The Morgan fingerprint density at radius 1 is 1.47 bits per heavy atom. The highest BCUT2D eigenvalue weighted by Gasteiger charge is 2.03. The molecule has 0 aliphatic heterocycles. The molecule has 0 spiro atoms. The monoisotopic (exact) mass is 209 g/mol. The molecule has 0 saturated carbocycles. The van der Waals surface area contributed by atoms with Gasteiger partial charge in [-0.3, -0.25) is 9.59 Å². The molecule has 1 rings (SSSR count). The van der Waals surface area contributed by atoms with Crippen LogP contribution >= 0.6 is 0 Å². The number of amides is 1. The summed E-state index contributed by atoms with van der Waals surface area (Å²) in [6.07, 6.45) is -0.0114. The van der Waals surface area contributed by atoms with Crippen LogP contribution in [0.3, 0.4) is 0 Å². The maximum Gasteiger partial charge on any atom is 0.305 e. The fraction of sp³-hybridized carbons (Fsp3) is 0.222. The van der Waals surface area contributed by atoms with Gasteiger partial charge in [-0.2, -0.15) is 0 Å². The minimum Gasteiger partial charge on any atom is -0.481 e. The average Bonchev–Trinajstić information content (AvgIpc) is 2.17. The van der Waals surface area contributed by atoms with E-state index in [4.69, 9.17) is 10.8 Å². The first kappa shape index (κ1) is 11.0. The van der Waals surface area contributed by atoms with Gasteiger partial charge in [-0.05, 0) is 12.1 Å². The Bertz CT molecular complexity index is 379. The summed E-state index contributed by atoms with van der Waals surface area (Å²) < 4.78 is 0. The van der Waals surface area contributed by atoms with Crippen molar-refractivity contribution in [1.29, 1.82) is 0 Å². The number of anilines is 1. The van der Waals surface area contributed by atoms with Crippen LogP contribution in [-0.4, -0.2) is 28.5 Å². The smallest absolute Gasteiger partial charge is 0.305 e. The van der Waals surface area contributed by atoms with E-state index < -0.39 is 11.9 Å². The summed E-state index contributed by atoms with van der Waals surface area (Å²) in [5.41, 5.74) is 5.18. The van der Waals surface area contributed by atoms with Crippen LogP contribution in [0.4, 0.5) is 5.82 Å². The molecule has 1 heterocycles. The number of primary amides is 1. The zero-order valence-electron chi connectivity index (χ0n) is 7.93. The van der Waals surface area contributed by atoms with Crippen LogP contribution in [0, 0.1) is 0 Å². The van der Waals surface area contributed by atoms with E-state index in [9.17, 15) is 9.59 Å². The number of pyridine rings is 1. The van der Waals surface area contributed by atoms with Crippen LogP contribution in [0.5, 0.6) is 0 Å². The van der Waals surface area contributed by atoms with Crippen LogP contribution in [0.2, 0.25) is 0 Å². The standard InChI is InChI=1S/C9H11N3O3/c10-9(15)6-2-1-3-7(12-6)11-5-4-8(13)14/h1-3H,4-5H2,(H2,10,15)(H,11,12)(H,13,14). The van der Waals surface area contributed by atoms with Crippen molar-refractivity contribution in [1.82, 2.24) is 4.98 Å². The first-order valence-corrected chi connectivity index (χ1v) is 4.32. The van der Waals surface area contributed by atoms with Crippen LogP contribution in [0.15, 0.2) is 18.2 Å². The van der Waals surface area contributed by atoms with Crippen molar-refractivity contribution in [3.8, 4) is 0 Å². The molecular weight excluding hydrogens is 198 g/mol. The molecule has 0 fully saturated rings. The maximum absolute atomic E-state index is 10.8. The summed E-state index contributed by atoms with van der Waals surface area (Å²) in [7, 11) is 0. The number of carboxylic acids is 1. The molecule has 6 heteroatoms. The van der Waals surface area contributed by atoms with Gasteiger partial charge >= 0.3 is 5.97 Å².